The highest BCUT2D eigenvalue weighted by Crippen LogP contribution is 2.33. The van der Waals surface area contributed by atoms with Gasteiger partial charge in [-0.1, -0.05) is 0 Å². The van der Waals surface area contributed by atoms with E-state index in [1.54, 1.807) is 0 Å². The van der Waals surface area contributed by atoms with E-state index in [2.05, 4.69) is 17.9 Å². The molecule has 0 aliphatic rings. The predicted molar refractivity (Wildman–Crippen MR) is 63.3 cm³/mol. The van der Waals surface area contributed by atoms with Crippen LogP contribution in [0.25, 0.3) is 0 Å². The number of carbonyl (C=O) groups is 1. The van der Waals surface area contributed by atoms with Crippen molar-refractivity contribution in [2.75, 3.05) is 11.1 Å². The summed E-state index contributed by atoms with van der Waals surface area (Å²) in [5.74, 6) is -0.128. The molecule has 0 bridgehead atoms. The molecule has 0 aliphatic carbocycles. The van der Waals surface area contributed by atoms with E-state index in [4.69, 9.17) is 5.26 Å². The van der Waals surface area contributed by atoms with E-state index in [0.29, 0.717) is 5.75 Å². The van der Waals surface area contributed by atoms with Crippen LogP contribution in [0.5, 0.6) is 0 Å². The minimum atomic E-state index is -4.63. The van der Waals surface area contributed by atoms with Crippen LogP contribution in [0.15, 0.2) is 18.2 Å². The van der Waals surface area contributed by atoms with Crippen LogP contribution >= 0.6 is 12.6 Å². The van der Waals surface area contributed by atoms with Gasteiger partial charge in [-0.3, -0.25) is 4.79 Å². The Labute approximate surface area is 107 Å². The minimum absolute atomic E-state index is 0.00751. The van der Waals surface area contributed by atoms with E-state index in [1.165, 1.54) is 12.1 Å². The van der Waals surface area contributed by atoms with Crippen molar-refractivity contribution in [2.45, 2.75) is 12.6 Å². The molecule has 0 heterocycles. The Kier molecular flexibility index (Phi) is 4.62. The summed E-state index contributed by atoms with van der Waals surface area (Å²) < 4.78 is 37.9. The van der Waals surface area contributed by atoms with E-state index >= 15 is 0 Å². The minimum Gasteiger partial charge on any atom is -0.326 e. The van der Waals surface area contributed by atoms with Gasteiger partial charge in [-0.15, -0.1) is 0 Å². The number of hydrogen-bond acceptors (Lipinski definition) is 3. The van der Waals surface area contributed by atoms with Gasteiger partial charge in [0.1, 0.15) is 0 Å². The zero-order valence-electron chi connectivity index (χ0n) is 9.08. The fourth-order valence-electron chi connectivity index (χ4n) is 1.28. The fraction of sp³-hybridized carbons (Fsp3) is 0.273. The summed E-state index contributed by atoms with van der Waals surface area (Å²) in [6.45, 7) is 0. The molecule has 18 heavy (non-hydrogen) atoms. The van der Waals surface area contributed by atoms with Crippen LogP contribution in [-0.2, 0) is 11.0 Å². The fourth-order valence-corrected chi connectivity index (χ4v) is 1.48. The molecule has 1 aromatic rings. The van der Waals surface area contributed by atoms with Gasteiger partial charge in [0.25, 0.3) is 0 Å². The Morgan fingerprint density at radius 2 is 2.11 bits per heavy atom. The van der Waals surface area contributed by atoms with Crippen molar-refractivity contribution in [1.29, 1.82) is 5.26 Å². The number of alkyl halides is 3. The van der Waals surface area contributed by atoms with Gasteiger partial charge in [0, 0.05) is 12.1 Å². The van der Waals surface area contributed by atoms with Gasteiger partial charge in [0.05, 0.1) is 17.2 Å². The number of hydrogen-bond donors (Lipinski definition) is 2. The molecule has 0 aliphatic heterocycles. The summed E-state index contributed by atoms with van der Waals surface area (Å²) in [6, 6.07) is 4.49. The molecule has 1 rings (SSSR count). The van der Waals surface area contributed by atoms with Crippen molar-refractivity contribution in [3.8, 4) is 6.07 Å². The molecule has 96 valence electrons. The first-order chi connectivity index (χ1) is 8.38. The molecule has 0 fully saturated rings. The monoisotopic (exact) mass is 274 g/mol. The summed E-state index contributed by atoms with van der Waals surface area (Å²) in [5.41, 5.74) is -1.53. The number of nitriles is 1. The van der Waals surface area contributed by atoms with E-state index in [9.17, 15) is 18.0 Å². The van der Waals surface area contributed by atoms with Gasteiger partial charge < -0.3 is 5.32 Å². The van der Waals surface area contributed by atoms with Crippen LogP contribution in [0.2, 0.25) is 0 Å². The number of anilines is 1. The second-order valence-corrected chi connectivity index (χ2v) is 3.84. The quantitative estimate of drug-likeness (QED) is 0.833. The van der Waals surface area contributed by atoms with Crippen molar-refractivity contribution in [1.82, 2.24) is 0 Å². The van der Waals surface area contributed by atoms with Gasteiger partial charge >= 0.3 is 6.18 Å². The van der Waals surface area contributed by atoms with Crippen molar-refractivity contribution in [2.24, 2.45) is 0 Å². The lowest BCUT2D eigenvalue weighted by molar-refractivity contribution is -0.137. The average Bonchev–Trinajstić information content (AvgIpc) is 2.28. The van der Waals surface area contributed by atoms with Crippen molar-refractivity contribution in [3.63, 3.8) is 0 Å². The number of amides is 1. The lowest BCUT2D eigenvalue weighted by Gasteiger charge is -2.11. The zero-order valence-corrected chi connectivity index (χ0v) is 9.98. The third-order valence-electron chi connectivity index (χ3n) is 2.07. The lowest BCUT2D eigenvalue weighted by atomic mass is 10.1. The molecule has 1 amide bonds. The number of rotatable bonds is 3. The Balaban J connectivity index is 3.05. The van der Waals surface area contributed by atoms with Crippen molar-refractivity contribution >= 4 is 24.2 Å². The highest BCUT2D eigenvalue weighted by atomic mass is 32.1. The first-order valence-corrected chi connectivity index (χ1v) is 5.53. The molecular formula is C11H9F3N2OS. The van der Waals surface area contributed by atoms with Gasteiger partial charge in [0.15, 0.2) is 0 Å². The molecule has 0 spiro atoms. The average molecular weight is 274 g/mol. The summed E-state index contributed by atoms with van der Waals surface area (Å²) in [4.78, 5) is 11.2. The van der Waals surface area contributed by atoms with Gasteiger partial charge in [-0.05, 0) is 24.0 Å². The van der Waals surface area contributed by atoms with Crippen molar-refractivity contribution < 1.29 is 18.0 Å². The van der Waals surface area contributed by atoms with Gasteiger partial charge in [-0.2, -0.15) is 31.1 Å². The third kappa shape index (κ3) is 3.67. The van der Waals surface area contributed by atoms with Crippen LogP contribution < -0.4 is 5.32 Å². The first kappa shape index (κ1) is 14.4. The molecule has 0 atom stereocenters. The number of nitrogens with zero attached hydrogens (tertiary/aromatic N) is 1. The smallest absolute Gasteiger partial charge is 0.326 e. The Hall–Kier alpha value is -1.68. The summed E-state index contributed by atoms with van der Waals surface area (Å²) in [6.07, 6.45) is -4.53. The van der Waals surface area contributed by atoms with Crippen LogP contribution in [0.3, 0.4) is 0 Å². The van der Waals surface area contributed by atoms with Gasteiger partial charge in [0.2, 0.25) is 5.91 Å². The molecule has 7 heteroatoms. The number of nitrogens with one attached hydrogen (secondary N) is 1. The maximum absolute atomic E-state index is 12.6. The highest BCUT2D eigenvalue weighted by Gasteiger charge is 2.33. The molecule has 1 N–H and O–H groups in total. The molecule has 1 aromatic carbocycles. The van der Waals surface area contributed by atoms with E-state index in [0.717, 1.165) is 12.1 Å². The second kappa shape index (κ2) is 5.78. The van der Waals surface area contributed by atoms with E-state index in [1.807, 2.05) is 0 Å². The van der Waals surface area contributed by atoms with E-state index in [-0.39, 0.29) is 12.1 Å². The Bertz CT molecular complexity index is 494. The molecule has 0 aromatic heterocycles. The maximum atomic E-state index is 12.6. The number of thiol groups is 1. The largest absolute Gasteiger partial charge is 0.417 e. The molecule has 0 saturated heterocycles. The van der Waals surface area contributed by atoms with Crippen LogP contribution in [0.4, 0.5) is 18.9 Å². The Morgan fingerprint density at radius 1 is 1.44 bits per heavy atom. The Morgan fingerprint density at radius 3 is 2.61 bits per heavy atom. The zero-order chi connectivity index (χ0) is 13.8. The molecule has 0 unspecified atom stereocenters. The maximum Gasteiger partial charge on any atom is 0.417 e. The molecule has 3 nitrogen and oxygen atoms in total. The summed E-state index contributed by atoms with van der Waals surface area (Å²) in [7, 11) is 0. The molecule has 0 radical (unpaired) electrons. The number of halogens is 3. The number of carbonyl (C=O) groups excluding carboxylic acids is 1. The summed E-state index contributed by atoms with van der Waals surface area (Å²) in [5, 5.41) is 10.9. The van der Waals surface area contributed by atoms with Crippen LogP contribution in [-0.4, -0.2) is 11.7 Å². The van der Waals surface area contributed by atoms with Crippen LogP contribution in [0.1, 0.15) is 17.5 Å². The second-order valence-electron chi connectivity index (χ2n) is 3.39. The topological polar surface area (TPSA) is 52.9 Å². The SMILES string of the molecule is N#Cc1ccc(NC(=O)CCS)cc1C(F)(F)F. The van der Waals surface area contributed by atoms with Gasteiger partial charge in [-0.25, -0.2) is 0 Å². The van der Waals surface area contributed by atoms with Crippen molar-refractivity contribution in [3.05, 3.63) is 29.3 Å². The van der Waals surface area contributed by atoms with E-state index < -0.39 is 23.2 Å². The third-order valence-corrected chi connectivity index (χ3v) is 2.29. The lowest BCUT2D eigenvalue weighted by Crippen LogP contribution is -2.14. The molecule has 0 saturated carbocycles. The molecular weight excluding hydrogens is 265 g/mol. The summed E-state index contributed by atoms with van der Waals surface area (Å²) >= 11 is 3.84. The standard InChI is InChI=1S/C11H9F3N2OS/c12-11(13,14)9-5-8(2-1-7(9)6-15)16-10(17)3-4-18/h1-2,5,18H,3-4H2,(H,16,17). The predicted octanol–water partition coefficient (Wildman–Crippen LogP) is 2.84. The highest BCUT2D eigenvalue weighted by molar-refractivity contribution is 7.80. The number of benzene rings is 1. The van der Waals surface area contributed by atoms with Crippen LogP contribution in [0, 0.1) is 11.3 Å². The first-order valence-electron chi connectivity index (χ1n) is 4.90. The normalized spacial score (nSPS) is 10.8.